The van der Waals surface area contributed by atoms with Crippen molar-refractivity contribution < 1.29 is 24.2 Å². The van der Waals surface area contributed by atoms with Crippen molar-refractivity contribution >= 4 is 23.6 Å². The number of benzene rings is 2. The summed E-state index contributed by atoms with van der Waals surface area (Å²) in [4.78, 5) is 40.3. The van der Waals surface area contributed by atoms with Crippen LogP contribution in [0, 0.1) is 26.2 Å². The molecule has 35 heavy (non-hydrogen) atoms. The van der Waals surface area contributed by atoms with E-state index in [0.29, 0.717) is 16.8 Å². The first-order valence-corrected chi connectivity index (χ1v) is 11.2. The first-order chi connectivity index (χ1) is 16.4. The Kier molecular flexibility index (Phi) is 9.04. The van der Waals surface area contributed by atoms with E-state index in [0.717, 1.165) is 16.0 Å². The van der Waals surface area contributed by atoms with Gasteiger partial charge in [-0.25, -0.2) is 4.79 Å². The Hall–Kier alpha value is -3.83. The summed E-state index contributed by atoms with van der Waals surface area (Å²) in [5.41, 5.74) is 2.43. The van der Waals surface area contributed by atoms with Gasteiger partial charge in [0.25, 0.3) is 5.91 Å². The minimum atomic E-state index is -1.33. The molecular formula is C27H33N3O5. The van der Waals surface area contributed by atoms with Gasteiger partial charge in [0, 0.05) is 18.3 Å². The first-order valence-electron chi connectivity index (χ1n) is 11.2. The Morgan fingerprint density at radius 1 is 1.09 bits per heavy atom. The van der Waals surface area contributed by atoms with E-state index in [1.54, 1.807) is 45.0 Å². The molecule has 186 valence electrons. The average Bonchev–Trinajstić information content (AvgIpc) is 2.78. The fourth-order valence-corrected chi connectivity index (χ4v) is 3.60. The van der Waals surface area contributed by atoms with Crippen molar-refractivity contribution in [3.63, 3.8) is 0 Å². The number of ether oxygens (including phenoxy) is 1. The molecule has 2 rings (SSSR count). The molecule has 0 fully saturated rings. The molecule has 2 aromatic rings. The maximum absolute atomic E-state index is 13.6. The third kappa shape index (κ3) is 7.08. The highest BCUT2D eigenvalue weighted by Crippen LogP contribution is 2.27. The van der Waals surface area contributed by atoms with Gasteiger partial charge in [0.15, 0.2) is 0 Å². The first kappa shape index (κ1) is 27.4. The van der Waals surface area contributed by atoms with E-state index in [4.69, 9.17) is 11.2 Å². The quantitative estimate of drug-likeness (QED) is 0.528. The van der Waals surface area contributed by atoms with Crippen molar-refractivity contribution in [2.75, 3.05) is 19.0 Å². The number of carbonyl (C=O) groups excluding carboxylic acids is 3. The SMILES string of the molecule is C#Cc1ccccc1C(C(=O)Nc1c(C)cccc1C)N(C)C(=O)C(CO)NC(=O)OC(C)(C)C. The summed E-state index contributed by atoms with van der Waals surface area (Å²) < 4.78 is 5.20. The number of aliphatic hydroxyl groups excluding tert-OH is 1. The Morgan fingerprint density at radius 2 is 1.69 bits per heavy atom. The van der Waals surface area contributed by atoms with Gasteiger partial charge in [-0.3, -0.25) is 9.59 Å². The van der Waals surface area contributed by atoms with E-state index in [-0.39, 0.29) is 0 Å². The molecule has 8 heteroatoms. The van der Waals surface area contributed by atoms with Crippen molar-refractivity contribution in [2.24, 2.45) is 0 Å². The largest absolute Gasteiger partial charge is 0.444 e. The summed E-state index contributed by atoms with van der Waals surface area (Å²) in [5, 5.41) is 15.1. The molecule has 0 spiro atoms. The van der Waals surface area contributed by atoms with Gasteiger partial charge in [-0.05, 0) is 57.4 Å². The van der Waals surface area contributed by atoms with Crippen LogP contribution in [0.25, 0.3) is 0 Å². The van der Waals surface area contributed by atoms with Crippen LogP contribution in [0.15, 0.2) is 42.5 Å². The van der Waals surface area contributed by atoms with Crippen molar-refractivity contribution in [1.29, 1.82) is 0 Å². The van der Waals surface area contributed by atoms with E-state index >= 15 is 0 Å². The summed E-state index contributed by atoms with van der Waals surface area (Å²) in [7, 11) is 1.42. The van der Waals surface area contributed by atoms with Gasteiger partial charge in [-0.15, -0.1) is 6.42 Å². The minimum Gasteiger partial charge on any atom is -0.444 e. The molecule has 8 nitrogen and oxygen atoms in total. The van der Waals surface area contributed by atoms with Crippen molar-refractivity contribution in [3.05, 3.63) is 64.7 Å². The number of nitrogens with zero attached hydrogens (tertiary/aromatic N) is 1. The molecule has 3 N–H and O–H groups in total. The van der Waals surface area contributed by atoms with Crippen molar-refractivity contribution in [2.45, 2.75) is 52.3 Å². The Bertz CT molecular complexity index is 1110. The predicted molar refractivity (Wildman–Crippen MR) is 135 cm³/mol. The number of hydrogen-bond acceptors (Lipinski definition) is 5. The summed E-state index contributed by atoms with van der Waals surface area (Å²) in [6.07, 6.45) is 4.82. The Balaban J connectivity index is 2.44. The molecule has 0 radical (unpaired) electrons. The number of aryl methyl sites for hydroxylation is 2. The van der Waals surface area contributed by atoms with E-state index in [1.807, 2.05) is 32.0 Å². The highest BCUT2D eigenvalue weighted by Gasteiger charge is 2.35. The van der Waals surface area contributed by atoms with Crippen LogP contribution in [0.4, 0.5) is 10.5 Å². The number of carbonyl (C=O) groups is 3. The third-order valence-electron chi connectivity index (χ3n) is 5.30. The molecule has 0 saturated carbocycles. The lowest BCUT2D eigenvalue weighted by atomic mass is 9.97. The molecule has 0 aromatic heterocycles. The number of nitrogens with one attached hydrogen (secondary N) is 2. The van der Waals surface area contributed by atoms with Crippen LogP contribution in [0.1, 0.15) is 49.1 Å². The highest BCUT2D eigenvalue weighted by molar-refractivity contribution is 6.00. The minimum absolute atomic E-state index is 0.434. The average molecular weight is 480 g/mol. The van der Waals surface area contributed by atoms with Gasteiger partial charge >= 0.3 is 6.09 Å². The fraction of sp³-hybridized carbons (Fsp3) is 0.370. The van der Waals surface area contributed by atoms with Gasteiger partial charge < -0.3 is 25.4 Å². The number of rotatable bonds is 7. The molecule has 0 aliphatic heterocycles. The van der Waals surface area contributed by atoms with Gasteiger partial charge in [0.2, 0.25) is 5.91 Å². The zero-order valence-corrected chi connectivity index (χ0v) is 21.0. The summed E-state index contributed by atoms with van der Waals surface area (Å²) >= 11 is 0. The number of alkyl carbamates (subject to hydrolysis) is 1. The summed E-state index contributed by atoms with van der Waals surface area (Å²) in [6, 6.07) is 9.96. The molecule has 0 heterocycles. The molecule has 2 aromatic carbocycles. The van der Waals surface area contributed by atoms with Crippen molar-refractivity contribution in [1.82, 2.24) is 10.2 Å². The standard InChI is InChI=1S/C27H33N3O5/c1-8-19-14-9-10-15-20(19)23(24(32)29-22-17(2)12-11-13-18(22)3)30(7)25(33)21(16-31)28-26(34)35-27(4,5)6/h1,9-15,21,23,31H,16H2,2-7H3,(H,28,34)(H,29,32). The molecule has 0 bridgehead atoms. The zero-order valence-electron chi connectivity index (χ0n) is 21.0. The lowest BCUT2D eigenvalue weighted by molar-refractivity contribution is -0.139. The monoisotopic (exact) mass is 479 g/mol. The van der Waals surface area contributed by atoms with Crippen LogP contribution in [0.2, 0.25) is 0 Å². The number of hydrogen-bond donors (Lipinski definition) is 3. The number of terminal acetylenes is 1. The molecule has 2 unspecified atom stereocenters. The molecule has 0 aliphatic rings. The van der Waals surface area contributed by atoms with E-state index in [1.165, 1.54) is 7.05 Å². The van der Waals surface area contributed by atoms with E-state index in [9.17, 15) is 19.5 Å². The summed E-state index contributed by atoms with van der Waals surface area (Å²) in [5.74, 6) is 1.38. The molecule has 3 amide bonds. The lowest BCUT2D eigenvalue weighted by Gasteiger charge is -2.31. The molecule has 0 aliphatic carbocycles. The number of amides is 3. The Morgan fingerprint density at radius 3 is 2.23 bits per heavy atom. The smallest absolute Gasteiger partial charge is 0.408 e. The maximum atomic E-state index is 13.6. The number of para-hydroxylation sites is 1. The number of anilines is 1. The second-order valence-corrected chi connectivity index (χ2v) is 9.22. The fourth-order valence-electron chi connectivity index (χ4n) is 3.60. The van der Waals surface area contributed by atoms with Gasteiger partial charge in [0.05, 0.1) is 6.61 Å². The van der Waals surface area contributed by atoms with E-state index < -0.39 is 42.2 Å². The second-order valence-electron chi connectivity index (χ2n) is 9.22. The van der Waals surface area contributed by atoms with Gasteiger partial charge in [0.1, 0.15) is 17.7 Å². The van der Waals surface area contributed by atoms with Crippen LogP contribution < -0.4 is 10.6 Å². The number of likely N-dealkylation sites (N-methyl/N-ethyl adjacent to an activating group) is 1. The maximum Gasteiger partial charge on any atom is 0.408 e. The predicted octanol–water partition coefficient (Wildman–Crippen LogP) is 3.31. The van der Waals surface area contributed by atoms with Gasteiger partial charge in [-0.1, -0.05) is 42.3 Å². The van der Waals surface area contributed by atoms with Crippen molar-refractivity contribution in [3.8, 4) is 12.3 Å². The van der Waals surface area contributed by atoms with Crippen LogP contribution >= 0.6 is 0 Å². The zero-order chi connectivity index (χ0) is 26.3. The van der Waals surface area contributed by atoms with Crippen LogP contribution in [0.5, 0.6) is 0 Å². The Labute approximate surface area is 206 Å². The number of aliphatic hydroxyl groups is 1. The van der Waals surface area contributed by atoms with Crippen LogP contribution in [0.3, 0.4) is 0 Å². The van der Waals surface area contributed by atoms with Gasteiger partial charge in [-0.2, -0.15) is 0 Å². The molecular weight excluding hydrogens is 446 g/mol. The molecule has 0 saturated heterocycles. The van der Waals surface area contributed by atoms with E-state index in [2.05, 4.69) is 16.6 Å². The van der Waals surface area contributed by atoms with Crippen LogP contribution in [-0.4, -0.2) is 53.2 Å². The molecule has 2 atom stereocenters. The summed E-state index contributed by atoms with van der Waals surface area (Å²) in [6.45, 7) is 8.09. The third-order valence-corrected chi connectivity index (χ3v) is 5.30. The lowest BCUT2D eigenvalue weighted by Crippen LogP contribution is -2.52. The topological polar surface area (TPSA) is 108 Å². The highest BCUT2D eigenvalue weighted by atomic mass is 16.6. The second kappa shape index (κ2) is 11.5. The normalized spacial score (nSPS) is 12.6. The van der Waals surface area contributed by atoms with Crippen LogP contribution in [-0.2, 0) is 14.3 Å².